The lowest BCUT2D eigenvalue weighted by Crippen LogP contribution is -2.41. The maximum atomic E-state index is 12.5. The van der Waals surface area contributed by atoms with E-state index in [0.717, 1.165) is 5.56 Å². The van der Waals surface area contributed by atoms with Gasteiger partial charge in [-0.15, -0.1) is 0 Å². The van der Waals surface area contributed by atoms with Crippen LogP contribution in [0.15, 0.2) is 18.2 Å². The summed E-state index contributed by atoms with van der Waals surface area (Å²) in [4.78, 5) is 24.1. The molecule has 0 aliphatic rings. The van der Waals surface area contributed by atoms with E-state index in [1.807, 2.05) is 20.8 Å². The minimum absolute atomic E-state index is 0.116. The van der Waals surface area contributed by atoms with Gasteiger partial charge in [-0.3, -0.25) is 4.79 Å². The number of anilines is 1. The second-order valence-corrected chi connectivity index (χ2v) is 5.17. The third-order valence-corrected chi connectivity index (χ3v) is 4.13. The summed E-state index contributed by atoms with van der Waals surface area (Å²) in [5, 5.41) is 2.86. The molecule has 0 fully saturated rings. The number of amides is 1. The highest BCUT2D eigenvalue weighted by molar-refractivity contribution is 5.98. The minimum Gasteiger partial charge on any atom is -0.465 e. The molecule has 5 nitrogen and oxygen atoms in total. The van der Waals surface area contributed by atoms with Gasteiger partial charge in [-0.1, -0.05) is 19.9 Å². The second-order valence-electron chi connectivity index (χ2n) is 5.17. The second kappa shape index (κ2) is 7.22. The molecule has 0 aliphatic carbocycles. The van der Waals surface area contributed by atoms with Crippen LogP contribution in [0.1, 0.15) is 42.6 Å². The van der Waals surface area contributed by atoms with E-state index in [4.69, 9.17) is 10.5 Å². The Labute approximate surface area is 125 Å². The number of hydrogen-bond acceptors (Lipinski definition) is 4. The van der Waals surface area contributed by atoms with Gasteiger partial charge >= 0.3 is 5.97 Å². The maximum Gasteiger partial charge on any atom is 0.338 e. The summed E-state index contributed by atoms with van der Waals surface area (Å²) >= 11 is 0. The Morgan fingerprint density at radius 3 is 2.38 bits per heavy atom. The van der Waals surface area contributed by atoms with Crippen LogP contribution in [-0.2, 0) is 9.53 Å². The van der Waals surface area contributed by atoms with Crippen molar-refractivity contribution in [3.05, 3.63) is 29.3 Å². The summed E-state index contributed by atoms with van der Waals surface area (Å²) in [7, 11) is 1.33. The fourth-order valence-electron chi connectivity index (χ4n) is 2.25. The SMILES string of the molecule is CCC(CC)(CN)C(=O)Nc1ccc(C)c(C(=O)OC)c1. The third kappa shape index (κ3) is 3.61. The van der Waals surface area contributed by atoms with E-state index in [9.17, 15) is 9.59 Å². The first-order valence-electron chi connectivity index (χ1n) is 7.14. The Kier molecular flexibility index (Phi) is 5.90. The maximum absolute atomic E-state index is 12.5. The zero-order valence-electron chi connectivity index (χ0n) is 13.2. The number of benzene rings is 1. The number of carbonyl (C=O) groups is 2. The van der Waals surface area contributed by atoms with Gasteiger partial charge in [-0.05, 0) is 37.5 Å². The van der Waals surface area contributed by atoms with Crippen molar-refractivity contribution < 1.29 is 14.3 Å². The van der Waals surface area contributed by atoms with E-state index in [1.54, 1.807) is 18.2 Å². The summed E-state index contributed by atoms with van der Waals surface area (Å²) in [6.45, 7) is 6.01. The zero-order chi connectivity index (χ0) is 16.0. The lowest BCUT2D eigenvalue weighted by Gasteiger charge is -2.28. The summed E-state index contributed by atoms with van der Waals surface area (Å²) < 4.78 is 4.74. The lowest BCUT2D eigenvalue weighted by molar-refractivity contribution is -0.125. The van der Waals surface area contributed by atoms with Gasteiger partial charge in [0.15, 0.2) is 0 Å². The first-order chi connectivity index (χ1) is 9.93. The smallest absolute Gasteiger partial charge is 0.338 e. The van der Waals surface area contributed by atoms with Crippen LogP contribution in [0.5, 0.6) is 0 Å². The lowest BCUT2D eigenvalue weighted by atomic mass is 9.81. The molecule has 0 atom stereocenters. The van der Waals surface area contributed by atoms with Gasteiger partial charge in [0.25, 0.3) is 0 Å². The Morgan fingerprint density at radius 2 is 1.90 bits per heavy atom. The van der Waals surface area contributed by atoms with Gasteiger partial charge < -0.3 is 15.8 Å². The van der Waals surface area contributed by atoms with Gasteiger partial charge in [-0.25, -0.2) is 4.79 Å². The molecule has 5 heteroatoms. The molecule has 0 saturated carbocycles. The van der Waals surface area contributed by atoms with Crippen LogP contribution in [0.25, 0.3) is 0 Å². The van der Waals surface area contributed by atoms with E-state index < -0.39 is 11.4 Å². The Morgan fingerprint density at radius 1 is 1.29 bits per heavy atom. The molecule has 0 unspecified atom stereocenters. The fourth-order valence-corrected chi connectivity index (χ4v) is 2.25. The largest absolute Gasteiger partial charge is 0.465 e. The summed E-state index contributed by atoms with van der Waals surface area (Å²) in [5.74, 6) is -0.533. The number of hydrogen-bond donors (Lipinski definition) is 2. The van der Waals surface area contributed by atoms with E-state index in [1.165, 1.54) is 7.11 Å². The highest BCUT2D eigenvalue weighted by Crippen LogP contribution is 2.27. The van der Waals surface area contributed by atoms with Gasteiger partial charge in [-0.2, -0.15) is 0 Å². The predicted octanol–water partition coefficient (Wildman–Crippen LogP) is 2.49. The Hall–Kier alpha value is -1.88. The van der Waals surface area contributed by atoms with Crippen molar-refractivity contribution >= 4 is 17.6 Å². The highest BCUT2D eigenvalue weighted by Gasteiger charge is 2.33. The quantitative estimate of drug-likeness (QED) is 0.789. The number of aryl methyl sites for hydroxylation is 1. The number of ether oxygens (including phenoxy) is 1. The minimum atomic E-state index is -0.573. The number of nitrogens with two attached hydrogens (primary N) is 1. The molecule has 0 aromatic heterocycles. The number of rotatable bonds is 6. The normalized spacial score (nSPS) is 11.1. The standard InChI is InChI=1S/C16H24N2O3/c1-5-16(6-2,10-17)15(20)18-12-8-7-11(3)13(9-12)14(19)21-4/h7-9H,5-6,10,17H2,1-4H3,(H,18,20). The van der Waals surface area contributed by atoms with Crippen LogP contribution in [0.2, 0.25) is 0 Å². The molecule has 0 bridgehead atoms. The van der Waals surface area contributed by atoms with E-state index in [0.29, 0.717) is 30.6 Å². The molecule has 0 heterocycles. The first-order valence-corrected chi connectivity index (χ1v) is 7.14. The molecule has 1 aromatic rings. The average Bonchev–Trinajstić information content (AvgIpc) is 2.50. The molecule has 1 rings (SSSR count). The molecule has 0 radical (unpaired) electrons. The molecule has 0 aliphatic heterocycles. The topological polar surface area (TPSA) is 81.4 Å². The average molecular weight is 292 g/mol. The molecule has 116 valence electrons. The summed E-state index contributed by atoms with van der Waals surface area (Å²) in [5.41, 5.74) is 7.02. The monoisotopic (exact) mass is 292 g/mol. The molecular formula is C16H24N2O3. The van der Waals surface area contributed by atoms with Crippen molar-refractivity contribution in [3.8, 4) is 0 Å². The van der Waals surface area contributed by atoms with Crippen molar-refractivity contribution in [2.24, 2.45) is 11.1 Å². The molecular weight excluding hydrogens is 268 g/mol. The van der Waals surface area contributed by atoms with Crippen LogP contribution >= 0.6 is 0 Å². The number of nitrogens with one attached hydrogen (secondary N) is 1. The molecule has 1 aromatic carbocycles. The van der Waals surface area contributed by atoms with Crippen molar-refractivity contribution in [1.82, 2.24) is 0 Å². The molecule has 3 N–H and O–H groups in total. The van der Waals surface area contributed by atoms with Crippen molar-refractivity contribution in [2.75, 3.05) is 19.0 Å². The molecule has 0 saturated heterocycles. The van der Waals surface area contributed by atoms with Crippen molar-refractivity contribution in [3.63, 3.8) is 0 Å². The molecule has 1 amide bonds. The van der Waals surface area contributed by atoms with Crippen LogP contribution in [0.3, 0.4) is 0 Å². The van der Waals surface area contributed by atoms with E-state index in [-0.39, 0.29) is 5.91 Å². The van der Waals surface area contributed by atoms with Gasteiger partial charge in [0, 0.05) is 12.2 Å². The predicted molar refractivity (Wildman–Crippen MR) is 83.2 cm³/mol. The number of carbonyl (C=O) groups excluding carboxylic acids is 2. The number of esters is 1. The fraction of sp³-hybridized carbons (Fsp3) is 0.500. The van der Waals surface area contributed by atoms with Crippen LogP contribution < -0.4 is 11.1 Å². The van der Waals surface area contributed by atoms with Gasteiger partial charge in [0.1, 0.15) is 0 Å². The van der Waals surface area contributed by atoms with Gasteiger partial charge in [0.2, 0.25) is 5.91 Å². The van der Waals surface area contributed by atoms with Crippen LogP contribution in [0, 0.1) is 12.3 Å². The summed E-state index contributed by atoms with van der Waals surface area (Å²) in [6, 6.07) is 5.18. The first kappa shape index (κ1) is 17.2. The van der Waals surface area contributed by atoms with Crippen LogP contribution in [-0.4, -0.2) is 25.5 Å². The highest BCUT2D eigenvalue weighted by atomic mass is 16.5. The van der Waals surface area contributed by atoms with E-state index >= 15 is 0 Å². The van der Waals surface area contributed by atoms with Crippen molar-refractivity contribution in [1.29, 1.82) is 0 Å². The molecule has 21 heavy (non-hydrogen) atoms. The molecule has 0 spiro atoms. The van der Waals surface area contributed by atoms with Crippen molar-refractivity contribution in [2.45, 2.75) is 33.6 Å². The summed E-state index contributed by atoms with van der Waals surface area (Å²) in [6.07, 6.45) is 1.34. The zero-order valence-corrected chi connectivity index (χ0v) is 13.2. The Bertz CT molecular complexity index is 514. The number of methoxy groups -OCH3 is 1. The van der Waals surface area contributed by atoms with Gasteiger partial charge in [0.05, 0.1) is 18.1 Å². The third-order valence-electron chi connectivity index (χ3n) is 4.13. The van der Waals surface area contributed by atoms with Crippen LogP contribution in [0.4, 0.5) is 5.69 Å². The van der Waals surface area contributed by atoms with E-state index in [2.05, 4.69) is 5.32 Å². The Balaban J connectivity index is 3.03.